The summed E-state index contributed by atoms with van der Waals surface area (Å²) < 4.78 is 69.4. The molecule has 2 rings (SSSR count). The van der Waals surface area contributed by atoms with E-state index in [-0.39, 0.29) is 40.2 Å². The molecule has 0 spiro atoms. The molecule has 0 radical (unpaired) electrons. The quantitative estimate of drug-likeness (QED) is 0.406. The van der Waals surface area contributed by atoms with Crippen LogP contribution in [0.3, 0.4) is 0 Å². The standard InChI is InChI=1S/C18H22N2O9S2/c1-19-30(23,24)12-5-4-6-13(9-12)31(25,26)20-15-11-17(29-8-7-27-2)16(28-3)10-14(15)18(21)22/h4-6,9-11,19-20H,7-8H2,1-3H3,(H,21,22). The molecule has 0 unspecified atom stereocenters. The molecule has 0 atom stereocenters. The Morgan fingerprint density at radius 1 is 0.968 bits per heavy atom. The minimum absolute atomic E-state index is 0.0820. The summed E-state index contributed by atoms with van der Waals surface area (Å²) in [4.78, 5) is 11.0. The van der Waals surface area contributed by atoms with Gasteiger partial charge >= 0.3 is 5.97 Å². The fourth-order valence-electron chi connectivity index (χ4n) is 2.46. The number of nitrogens with one attached hydrogen (secondary N) is 2. The molecule has 0 saturated carbocycles. The molecule has 11 nitrogen and oxygen atoms in total. The first kappa shape index (κ1) is 24.4. The summed E-state index contributed by atoms with van der Waals surface area (Å²) in [5.41, 5.74) is -0.680. The maximum absolute atomic E-state index is 12.9. The summed E-state index contributed by atoms with van der Waals surface area (Å²) in [7, 11) is -4.27. The van der Waals surface area contributed by atoms with E-state index in [0.29, 0.717) is 0 Å². The Balaban J connectivity index is 2.51. The fraction of sp³-hybridized carbons (Fsp3) is 0.278. The van der Waals surface area contributed by atoms with Gasteiger partial charge in [-0.15, -0.1) is 0 Å². The number of methoxy groups -OCH3 is 2. The van der Waals surface area contributed by atoms with Crippen LogP contribution in [0, 0.1) is 0 Å². The number of ether oxygens (including phenoxy) is 3. The van der Waals surface area contributed by atoms with Crippen molar-refractivity contribution in [3.63, 3.8) is 0 Å². The van der Waals surface area contributed by atoms with Gasteiger partial charge in [0.1, 0.15) is 6.61 Å². The van der Waals surface area contributed by atoms with Crippen molar-refractivity contribution in [3.05, 3.63) is 42.0 Å². The van der Waals surface area contributed by atoms with Crippen molar-refractivity contribution in [3.8, 4) is 11.5 Å². The third kappa shape index (κ3) is 5.85. The summed E-state index contributed by atoms with van der Waals surface area (Å²) in [5.74, 6) is -1.24. The number of carboxylic acids is 1. The minimum Gasteiger partial charge on any atom is -0.493 e. The van der Waals surface area contributed by atoms with Gasteiger partial charge in [0.2, 0.25) is 10.0 Å². The normalized spacial score (nSPS) is 11.7. The average molecular weight is 475 g/mol. The number of carbonyl (C=O) groups is 1. The lowest BCUT2D eigenvalue weighted by Crippen LogP contribution is -2.20. The highest BCUT2D eigenvalue weighted by Crippen LogP contribution is 2.35. The number of hydrogen-bond donors (Lipinski definition) is 3. The van der Waals surface area contributed by atoms with Gasteiger partial charge in [0.25, 0.3) is 10.0 Å². The van der Waals surface area contributed by atoms with Crippen molar-refractivity contribution in [1.82, 2.24) is 4.72 Å². The maximum Gasteiger partial charge on any atom is 0.337 e. The molecule has 0 aliphatic rings. The SMILES string of the molecule is CNS(=O)(=O)c1cccc(S(=O)(=O)Nc2cc(OCCOC)c(OC)cc2C(=O)O)c1. The molecular weight excluding hydrogens is 452 g/mol. The van der Waals surface area contributed by atoms with E-state index in [9.17, 15) is 26.7 Å². The van der Waals surface area contributed by atoms with Gasteiger partial charge in [-0.25, -0.2) is 26.4 Å². The molecule has 0 amide bonds. The zero-order chi connectivity index (χ0) is 23.2. The third-order valence-electron chi connectivity index (χ3n) is 4.02. The lowest BCUT2D eigenvalue weighted by molar-refractivity contribution is 0.0697. The fourth-order valence-corrected chi connectivity index (χ4v) is 4.42. The Labute approximate surface area is 180 Å². The maximum atomic E-state index is 12.9. The van der Waals surface area contributed by atoms with Gasteiger partial charge < -0.3 is 19.3 Å². The van der Waals surface area contributed by atoms with Crippen LogP contribution in [0.5, 0.6) is 11.5 Å². The third-order valence-corrected chi connectivity index (χ3v) is 6.79. The number of benzene rings is 2. The Morgan fingerprint density at radius 3 is 2.16 bits per heavy atom. The van der Waals surface area contributed by atoms with E-state index < -0.39 is 31.6 Å². The lowest BCUT2D eigenvalue weighted by atomic mass is 10.1. The smallest absolute Gasteiger partial charge is 0.337 e. The monoisotopic (exact) mass is 474 g/mol. The first-order valence-electron chi connectivity index (χ1n) is 8.69. The second kappa shape index (κ2) is 9.96. The Bertz CT molecular complexity index is 1160. The van der Waals surface area contributed by atoms with Gasteiger partial charge in [-0.2, -0.15) is 0 Å². The van der Waals surface area contributed by atoms with Gasteiger partial charge in [0.05, 0.1) is 34.8 Å². The van der Waals surface area contributed by atoms with Crippen molar-refractivity contribution in [2.75, 3.05) is 39.2 Å². The molecule has 0 bridgehead atoms. The lowest BCUT2D eigenvalue weighted by Gasteiger charge is -2.16. The van der Waals surface area contributed by atoms with E-state index >= 15 is 0 Å². The molecule has 0 aliphatic carbocycles. The molecule has 0 aliphatic heterocycles. The topological polar surface area (TPSA) is 157 Å². The summed E-state index contributed by atoms with van der Waals surface area (Å²) in [5, 5.41) is 9.50. The first-order valence-corrected chi connectivity index (χ1v) is 11.7. The van der Waals surface area contributed by atoms with Gasteiger partial charge in [-0.1, -0.05) is 6.07 Å². The van der Waals surface area contributed by atoms with Crippen molar-refractivity contribution >= 4 is 31.7 Å². The van der Waals surface area contributed by atoms with Crippen LogP contribution in [-0.4, -0.2) is 62.4 Å². The zero-order valence-corrected chi connectivity index (χ0v) is 18.5. The number of carboxylic acid groups (broad SMARTS) is 1. The van der Waals surface area contributed by atoms with E-state index in [1.54, 1.807) is 0 Å². The zero-order valence-electron chi connectivity index (χ0n) is 16.9. The highest BCUT2D eigenvalue weighted by Gasteiger charge is 2.23. The molecule has 3 N–H and O–H groups in total. The predicted octanol–water partition coefficient (Wildman–Crippen LogP) is 1.13. The van der Waals surface area contributed by atoms with Gasteiger partial charge in [-0.3, -0.25) is 4.72 Å². The molecule has 2 aromatic rings. The van der Waals surface area contributed by atoms with E-state index in [0.717, 1.165) is 12.1 Å². The highest BCUT2D eigenvalue weighted by molar-refractivity contribution is 7.93. The van der Waals surface area contributed by atoms with E-state index in [4.69, 9.17) is 14.2 Å². The molecule has 0 saturated heterocycles. The molecule has 2 aromatic carbocycles. The second-order valence-electron chi connectivity index (χ2n) is 5.98. The summed E-state index contributed by atoms with van der Waals surface area (Å²) in [6, 6.07) is 6.89. The Hall–Kier alpha value is -2.87. The van der Waals surface area contributed by atoms with Crippen LogP contribution < -0.4 is 18.9 Å². The summed E-state index contributed by atoms with van der Waals surface area (Å²) >= 11 is 0. The summed E-state index contributed by atoms with van der Waals surface area (Å²) in [6.07, 6.45) is 0. The number of sulfonamides is 2. The van der Waals surface area contributed by atoms with Crippen LogP contribution in [0.15, 0.2) is 46.2 Å². The van der Waals surface area contributed by atoms with Crippen LogP contribution in [0.1, 0.15) is 10.4 Å². The molecule has 170 valence electrons. The van der Waals surface area contributed by atoms with E-state index in [2.05, 4.69) is 9.44 Å². The van der Waals surface area contributed by atoms with Crippen LogP contribution in [-0.2, 0) is 24.8 Å². The van der Waals surface area contributed by atoms with Crippen molar-refractivity contribution in [2.24, 2.45) is 0 Å². The van der Waals surface area contributed by atoms with Crippen LogP contribution in [0.25, 0.3) is 0 Å². The van der Waals surface area contributed by atoms with Crippen LogP contribution >= 0.6 is 0 Å². The van der Waals surface area contributed by atoms with Gasteiger partial charge in [-0.05, 0) is 25.2 Å². The molecule has 0 heterocycles. The second-order valence-corrected chi connectivity index (χ2v) is 9.55. The molecule has 31 heavy (non-hydrogen) atoms. The molecular formula is C18H22N2O9S2. The Kier molecular flexibility index (Phi) is 7.84. The number of anilines is 1. The predicted molar refractivity (Wildman–Crippen MR) is 111 cm³/mol. The van der Waals surface area contributed by atoms with Gasteiger partial charge in [0.15, 0.2) is 11.5 Å². The molecule has 0 aromatic heterocycles. The van der Waals surface area contributed by atoms with Crippen molar-refractivity contribution in [1.29, 1.82) is 0 Å². The number of aromatic carboxylic acids is 1. The first-order chi connectivity index (χ1) is 14.6. The van der Waals surface area contributed by atoms with E-state index in [1.165, 1.54) is 45.5 Å². The van der Waals surface area contributed by atoms with Gasteiger partial charge in [0, 0.05) is 19.2 Å². The highest BCUT2D eigenvalue weighted by atomic mass is 32.2. The van der Waals surface area contributed by atoms with E-state index in [1.807, 2.05) is 0 Å². The average Bonchev–Trinajstić information content (AvgIpc) is 2.73. The Morgan fingerprint density at radius 2 is 1.61 bits per heavy atom. The van der Waals surface area contributed by atoms with Crippen molar-refractivity contribution in [2.45, 2.75) is 9.79 Å². The molecule has 0 fully saturated rings. The van der Waals surface area contributed by atoms with Crippen LogP contribution in [0.4, 0.5) is 5.69 Å². The largest absolute Gasteiger partial charge is 0.493 e. The summed E-state index contributed by atoms with van der Waals surface area (Å²) in [6.45, 7) is 0.340. The van der Waals surface area contributed by atoms with Crippen LogP contribution in [0.2, 0.25) is 0 Å². The number of rotatable bonds is 11. The number of hydrogen-bond acceptors (Lipinski definition) is 8. The minimum atomic E-state index is -4.35. The van der Waals surface area contributed by atoms with Crippen molar-refractivity contribution < 1.29 is 40.9 Å². The molecule has 13 heteroatoms.